The highest BCUT2D eigenvalue weighted by atomic mass is 19.1. The van der Waals surface area contributed by atoms with Gasteiger partial charge in [0.2, 0.25) is 0 Å². The fourth-order valence-electron chi connectivity index (χ4n) is 3.35. The maximum Gasteiger partial charge on any atom is 0.167 e. The molecule has 1 aliphatic heterocycles. The van der Waals surface area contributed by atoms with Crippen molar-refractivity contribution < 1.29 is 18.7 Å². The van der Waals surface area contributed by atoms with E-state index in [2.05, 4.69) is 24.3 Å². The highest BCUT2D eigenvalue weighted by molar-refractivity contribution is 5.97. The SMILES string of the molecule is CCC(=CF)COc1ccc(C(=O)Cc2ccc(C3CCOCC3)cc2)cc1. The summed E-state index contributed by atoms with van der Waals surface area (Å²) in [6.45, 7) is 3.76. The molecular formula is C24H27FO3. The van der Waals surface area contributed by atoms with Gasteiger partial charge in [-0.25, -0.2) is 4.39 Å². The molecule has 0 aromatic heterocycles. The third-order valence-corrected chi connectivity index (χ3v) is 5.25. The lowest BCUT2D eigenvalue weighted by molar-refractivity contribution is 0.0853. The van der Waals surface area contributed by atoms with Crippen LogP contribution in [0.5, 0.6) is 5.75 Å². The van der Waals surface area contributed by atoms with Crippen molar-refractivity contribution in [1.82, 2.24) is 0 Å². The Morgan fingerprint density at radius 3 is 2.39 bits per heavy atom. The van der Waals surface area contributed by atoms with Crippen LogP contribution in [0.3, 0.4) is 0 Å². The van der Waals surface area contributed by atoms with E-state index >= 15 is 0 Å². The summed E-state index contributed by atoms with van der Waals surface area (Å²) < 4.78 is 23.5. The normalized spacial score (nSPS) is 15.4. The van der Waals surface area contributed by atoms with Crippen LogP contribution in [0.4, 0.5) is 4.39 Å². The maximum atomic E-state index is 12.6. The molecule has 3 rings (SSSR count). The summed E-state index contributed by atoms with van der Waals surface area (Å²) in [6, 6.07) is 15.4. The Bertz CT molecular complexity index is 788. The summed E-state index contributed by atoms with van der Waals surface area (Å²) in [6.07, 6.45) is 3.70. The molecule has 0 unspecified atom stereocenters. The minimum absolute atomic E-state index is 0.0725. The first-order valence-electron chi connectivity index (χ1n) is 9.90. The van der Waals surface area contributed by atoms with Gasteiger partial charge in [0.15, 0.2) is 5.78 Å². The lowest BCUT2D eigenvalue weighted by atomic mass is 9.90. The van der Waals surface area contributed by atoms with Crippen molar-refractivity contribution in [2.45, 2.75) is 38.5 Å². The summed E-state index contributed by atoms with van der Waals surface area (Å²) in [5.74, 6) is 1.26. The summed E-state index contributed by atoms with van der Waals surface area (Å²) in [5, 5.41) is 0. The van der Waals surface area contributed by atoms with E-state index in [4.69, 9.17) is 9.47 Å². The molecule has 0 amide bonds. The van der Waals surface area contributed by atoms with Gasteiger partial charge in [-0.05, 0) is 66.1 Å². The first-order valence-corrected chi connectivity index (χ1v) is 9.90. The topological polar surface area (TPSA) is 35.5 Å². The number of rotatable bonds is 8. The minimum atomic E-state index is 0.0725. The van der Waals surface area contributed by atoms with Crippen molar-refractivity contribution in [3.63, 3.8) is 0 Å². The smallest absolute Gasteiger partial charge is 0.167 e. The van der Waals surface area contributed by atoms with E-state index in [0.717, 1.165) is 31.6 Å². The zero-order chi connectivity index (χ0) is 19.8. The molecule has 28 heavy (non-hydrogen) atoms. The molecule has 0 radical (unpaired) electrons. The first-order chi connectivity index (χ1) is 13.7. The van der Waals surface area contributed by atoms with Gasteiger partial charge >= 0.3 is 0 Å². The molecule has 1 heterocycles. The quantitative estimate of drug-likeness (QED) is 0.554. The van der Waals surface area contributed by atoms with E-state index in [1.54, 1.807) is 24.3 Å². The molecule has 2 aromatic rings. The lowest BCUT2D eigenvalue weighted by Gasteiger charge is -2.22. The van der Waals surface area contributed by atoms with Crippen molar-refractivity contribution in [3.8, 4) is 5.75 Å². The van der Waals surface area contributed by atoms with Gasteiger partial charge in [0.05, 0.1) is 6.33 Å². The van der Waals surface area contributed by atoms with E-state index in [0.29, 0.717) is 42.0 Å². The molecule has 3 nitrogen and oxygen atoms in total. The zero-order valence-electron chi connectivity index (χ0n) is 16.3. The Morgan fingerprint density at radius 2 is 1.79 bits per heavy atom. The molecule has 148 valence electrons. The first kappa shape index (κ1) is 20.3. The van der Waals surface area contributed by atoms with Gasteiger partial charge in [-0.1, -0.05) is 31.2 Å². The van der Waals surface area contributed by atoms with Crippen molar-refractivity contribution in [1.29, 1.82) is 0 Å². The average Bonchev–Trinajstić information content (AvgIpc) is 2.76. The number of carbonyl (C=O) groups excluding carboxylic acids is 1. The van der Waals surface area contributed by atoms with Crippen LogP contribution < -0.4 is 4.74 Å². The second kappa shape index (κ2) is 10.2. The molecule has 0 bridgehead atoms. The van der Waals surface area contributed by atoms with E-state index < -0.39 is 0 Å². The number of Topliss-reactive ketones (excluding diaryl/α,β-unsaturated/α-hetero) is 1. The van der Waals surface area contributed by atoms with E-state index in [1.807, 2.05) is 6.92 Å². The highest BCUT2D eigenvalue weighted by Crippen LogP contribution is 2.27. The monoisotopic (exact) mass is 382 g/mol. The highest BCUT2D eigenvalue weighted by Gasteiger charge is 2.16. The van der Waals surface area contributed by atoms with Gasteiger partial charge in [-0.15, -0.1) is 0 Å². The Kier molecular flexibility index (Phi) is 7.38. The summed E-state index contributed by atoms with van der Waals surface area (Å²) in [7, 11) is 0. The molecule has 0 N–H and O–H groups in total. The Hall–Kier alpha value is -2.46. The van der Waals surface area contributed by atoms with Crippen molar-refractivity contribution in [2.24, 2.45) is 0 Å². The fourth-order valence-corrected chi connectivity index (χ4v) is 3.35. The summed E-state index contributed by atoms with van der Waals surface area (Å²) in [4.78, 5) is 12.6. The van der Waals surface area contributed by atoms with Crippen LogP contribution in [0.2, 0.25) is 0 Å². The largest absolute Gasteiger partial charge is 0.489 e. The number of hydrogen-bond donors (Lipinski definition) is 0. The lowest BCUT2D eigenvalue weighted by Crippen LogP contribution is -2.14. The molecular weight excluding hydrogens is 355 g/mol. The molecule has 1 saturated heterocycles. The summed E-state index contributed by atoms with van der Waals surface area (Å²) in [5.41, 5.74) is 3.60. The second-order valence-corrected chi connectivity index (χ2v) is 7.16. The number of ketones is 1. The number of carbonyl (C=O) groups is 1. The third-order valence-electron chi connectivity index (χ3n) is 5.25. The molecule has 1 aliphatic rings. The molecule has 4 heteroatoms. The van der Waals surface area contributed by atoms with Crippen LogP contribution in [0.15, 0.2) is 60.4 Å². The van der Waals surface area contributed by atoms with Crippen molar-refractivity contribution in [2.75, 3.05) is 19.8 Å². The average molecular weight is 382 g/mol. The second-order valence-electron chi connectivity index (χ2n) is 7.16. The number of halogens is 1. The summed E-state index contributed by atoms with van der Waals surface area (Å²) >= 11 is 0. The van der Waals surface area contributed by atoms with Gasteiger partial charge in [0, 0.05) is 25.2 Å². The van der Waals surface area contributed by atoms with Crippen LogP contribution in [0.25, 0.3) is 0 Å². The maximum absolute atomic E-state index is 12.6. The Morgan fingerprint density at radius 1 is 1.11 bits per heavy atom. The fraction of sp³-hybridized carbons (Fsp3) is 0.375. The van der Waals surface area contributed by atoms with Crippen LogP contribution in [-0.2, 0) is 11.2 Å². The molecule has 0 aliphatic carbocycles. The third kappa shape index (κ3) is 5.52. The van der Waals surface area contributed by atoms with Crippen LogP contribution in [-0.4, -0.2) is 25.6 Å². The van der Waals surface area contributed by atoms with E-state index in [9.17, 15) is 9.18 Å². The number of ether oxygens (including phenoxy) is 2. The van der Waals surface area contributed by atoms with Gasteiger partial charge in [-0.3, -0.25) is 4.79 Å². The predicted octanol–water partition coefficient (Wildman–Crippen LogP) is 5.65. The molecule has 0 spiro atoms. The zero-order valence-corrected chi connectivity index (χ0v) is 16.3. The van der Waals surface area contributed by atoms with Gasteiger partial charge < -0.3 is 9.47 Å². The van der Waals surface area contributed by atoms with Crippen LogP contribution in [0.1, 0.15) is 53.6 Å². The molecule has 1 fully saturated rings. The standard InChI is InChI=1S/C24H27FO3/c1-2-18(16-25)17-28-23-9-7-22(8-10-23)24(26)15-19-3-5-20(6-4-19)21-11-13-27-14-12-21/h3-10,16,21H,2,11-15,17H2,1H3. The van der Waals surface area contributed by atoms with Crippen molar-refractivity contribution >= 4 is 5.78 Å². The number of benzene rings is 2. The number of hydrogen-bond acceptors (Lipinski definition) is 3. The van der Waals surface area contributed by atoms with Gasteiger partial charge in [-0.2, -0.15) is 0 Å². The van der Waals surface area contributed by atoms with Crippen LogP contribution >= 0.6 is 0 Å². The van der Waals surface area contributed by atoms with Crippen molar-refractivity contribution in [3.05, 3.63) is 77.1 Å². The Balaban J connectivity index is 1.55. The minimum Gasteiger partial charge on any atom is -0.489 e. The van der Waals surface area contributed by atoms with Crippen LogP contribution in [0, 0.1) is 0 Å². The van der Waals surface area contributed by atoms with E-state index in [1.165, 1.54) is 5.56 Å². The molecule has 2 aromatic carbocycles. The Labute approximate surface area is 166 Å². The van der Waals surface area contributed by atoms with Gasteiger partial charge in [0.25, 0.3) is 0 Å². The molecule has 0 saturated carbocycles. The van der Waals surface area contributed by atoms with E-state index in [-0.39, 0.29) is 12.4 Å². The molecule has 0 atom stereocenters. The van der Waals surface area contributed by atoms with Gasteiger partial charge in [0.1, 0.15) is 12.4 Å². The predicted molar refractivity (Wildman–Crippen MR) is 109 cm³/mol.